The molecule has 1 heterocycles. The molecule has 96 valence electrons. The quantitative estimate of drug-likeness (QED) is 0.704. The fourth-order valence-electron chi connectivity index (χ4n) is 1.78. The summed E-state index contributed by atoms with van der Waals surface area (Å²) >= 11 is 0. The van der Waals surface area contributed by atoms with E-state index in [0.29, 0.717) is 12.8 Å². The van der Waals surface area contributed by atoms with E-state index in [0.717, 1.165) is 31.6 Å². The van der Waals surface area contributed by atoms with E-state index in [2.05, 4.69) is 16.0 Å². The zero-order valence-corrected chi connectivity index (χ0v) is 10.8. The van der Waals surface area contributed by atoms with Crippen LogP contribution in [0, 0.1) is 11.3 Å². The smallest absolute Gasteiger partial charge is 0.129 e. The van der Waals surface area contributed by atoms with Crippen LogP contribution in [0.15, 0.2) is 24.5 Å². The molecule has 4 heteroatoms. The van der Waals surface area contributed by atoms with Crippen molar-refractivity contribution in [2.75, 3.05) is 13.1 Å². The highest BCUT2D eigenvalue weighted by molar-refractivity contribution is 5.75. The van der Waals surface area contributed by atoms with Crippen LogP contribution in [0.1, 0.15) is 31.7 Å². The van der Waals surface area contributed by atoms with Gasteiger partial charge < -0.3 is 4.79 Å². The zero-order valence-electron chi connectivity index (χ0n) is 10.8. The van der Waals surface area contributed by atoms with Crippen molar-refractivity contribution in [2.45, 2.75) is 32.7 Å². The molecule has 0 aliphatic carbocycles. The molecule has 0 aliphatic heterocycles. The lowest BCUT2D eigenvalue weighted by Gasteiger charge is -2.20. The average Bonchev–Trinajstić information content (AvgIpc) is 2.36. The van der Waals surface area contributed by atoms with Gasteiger partial charge in [-0.3, -0.25) is 9.88 Å². The summed E-state index contributed by atoms with van der Waals surface area (Å²) in [5.74, 6) is 0.219. The molecule has 0 radical (unpaired) electrons. The van der Waals surface area contributed by atoms with Crippen molar-refractivity contribution >= 4 is 5.78 Å². The van der Waals surface area contributed by atoms with E-state index in [9.17, 15) is 4.79 Å². The molecule has 0 saturated heterocycles. The van der Waals surface area contributed by atoms with Crippen LogP contribution in [0.4, 0.5) is 0 Å². The second-order valence-corrected chi connectivity index (χ2v) is 4.35. The van der Waals surface area contributed by atoms with Crippen molar-refractivity contribution in [3.63, 3.8) is 0 Å². The molecule has 4 nitrogen and oxygen atoms in total. The summed E-state index contributed by atoms with van der Waals surface area (Å²) in [6.07, 6.45) is 5.56. The van der Waals surface area contributed by atoms with Gasteiger partial charge in [0, 0.05) is 38.3 Å². The Morgan fingerprint density at radius 3 is 2.94 bits per heavy atom. The highest BCUT2D eigenvalue weighted by atomic mass is 16.1. The number of nitrogens with zero attached hydrogens (tertiary/aromatic N) is 3. The van der Waals surface area contributed by atoms with Crippen LogP contribution in [-0.4, -0.2) is 28.8 Å². The number of aromatic nitrogens is 1. The second-order valence-electron chi connectivity index (χ2n) is 4.35. The minimum atomic E-state index is 0.219. The number of hydrogen-bond acceptors (Lipinski definition) is 4. The molecule has 0 fully saturated rings. The molecule has 0 saturated carbocycles. The maximum Gasteiger partial charge on any atom is 0.129 e. The van der Waals surface area contributed by atoms with Crippen molar-refractivity contribution < 1.29 is 4.79 Å². The molecular formula is C14H19N3O. The molecule has 0 amide bonds. The van der Waals surface area contributed by atoms with Gasteiger partial charge >= 0.3 is 0 Å². The van der Waals surface area contributed by atoms with Gasteiger partial charge in [0.2, 0.25) is 0 Å². The van der Waals surface area contributed by atoms with Gasteiger partial charge in [-0.2, -0.15) is 5.26 Å². The van der Waals surface area contributed by atoms with Crippen LogP contribution in [-0.2, 0) is 11.3 Å². The van der Waals surface area contributed by atoms with Gasteiger partial charge in [-0.1, -0.05) is 6.07 Å². The third-order valence-corrected chi connectivity index (χ3v) is 2.67. The van der Waals surface area contributed by atoms with Crippen molar-refractivity contribution in [1.82, 2.24) is 9.88 Å². The number of hydrogen-bond donors (Lipinski definition) is 0. The predicted octanol–water partition coefficient (Wildman–Crippen LogP) is 2.17. The fraction of sp³-hybridized carbons (Fsp3) is 0.500. The van der Waals surface area contributed by atoms with Crippen LogP contribution < -0.4 is 0 Å². The van der Waals surface area contributed by atoms with Gasteiger partial charge in [-0.25, -0.2) is 0 Å². The molecule has 0 unspecified atom stereocenters. The van der Waals surface area contributed by atoms with Gasteiger partial charge in [0.05, 0.1) is 6.07 Å². The third-order valence-electron chi connectivity index (χ3n) is 2.67. The van der Waals surface area contributed by atoms with E-state index in [1.54, 1.807) is 13.1 Å². The Bertz CT molecular complexity index is 397. The normalized spacial score (nSPS) is 10.3. The molecule has 18 heavy (non-hydrogen) atoms. The molecule has 0 spiro atoms. The Morgan fingerprint density at radius 2 is 2.33 bits per heavy atom. The highest BCUT2D eigenvalue weighted by Gasteiger charge is 2.06. The number of rotatable bonds is 8. The maximum absolute atomic E-state index is 10.9. The lowest BCUT2D eigenvalue weighted by molar-refractivity contribution is -0.117. The molecule has 0 aliphatic rings. The first-order valence-corrected chi connectivity index (χ1v) is 6.20. The third kappa shape index (κ3) is 6.12. The molecule has 0 bridgehead atoms. The van der Waals surface area contributed by atoms with E-state index in [-0.39, 0.29) is 5.78 Å². The van der Waals surface area contributed by atoms with Crippen LogP contribution in [0.2, 0.25) is 0 Å². The van der Waals surface area contributed by atoms with E-state index in [1.165, 1.54) is 0 Å². The zero-order chi connectivity index (χ0) is 13.2. The van der Waals surface area contributed by atoms with Gasteiger partial charge in [-0.05, 0) is 31.5 Å². The number of ketones is 1. The number of Topliss-reactive ketones (excluding diaryl/α,β-unsaturated/α-hetero) is 1. The summed E-state index contributed by atoms with van der Waals surface area (Å²) in [6, 6.07) is 6.09. The van der Waals surface area contributed by atoms with E-state index in [1.807, 2.05) is 18.3 Å². The first-order valence-electron chi connectivity index (χ1n) is 6.20. The lowest BCUT2D eigenvalue weighted by Crippen LogP contribution is -2.25. The summed E-state index contributed by atoms with van der Waals surface area (Å²) < 4.78 is 0. The summed E-state index contributed by atoms with van der Waals surface area (Å²) in [7, 11) is 0. The SMILES string of the molecule is CC(=O)CCCN(CCC#N)Cc1cccnc1. The minimum absolute atomic E-state index is 0.219. The fourth-order valence-corrected chi connectivity index (χ4v) is 1.78. The van der Waals surface area contributed by atoms with Crippen LogP contribution in [0.3, 0.4) is 0 Å². The number of pyridine rings is 1. The Hall–Kier alpha value is -1.73. The number of carbonyl (C=O) groups is 1. The van der Waals surface area contributed by atoms with Crippen molar-refractivity contribution in [2.24, 2.45) is 0 Å². The van der Waals surface area contributed by atoms with Crippen LogP contribution >= 0.6 is 0 Å². The molecule has 0 N–H and O–H groups in total. The van der Waals surface area contributed by atoms with E-state index < -0.39 is 0 Å². The van der Waals surface area contributed by atoms with Gasteiger partial charge in [0.25, 0.3) is 0 Å². The van der Waals surface area contributed by atoms with Crippen LogP contribution in [0.5, 0.6) is 0 Å². The standard InChI is InChI=1S/C14H19N3O/c1-13(18)5-3-9-17(10-4-7-15)12-14-6-2-8-16-11-14/h2,6,8,11H,3-5,9-10,12H2,1H3. The lowest BCUT2D eigenvalue weighted by atomic mass is 10.2. The molecule has 1 aromatic rings. The van der Waals surface area contributed by atoms with Crippen molar-refractivity contribution in [1.29, 1.82) is 5.26 Å². The first kappa shape index (κ1) is 14.3. The Morgan fingerprint density at radius 1 is 1.50 bits per heavy atom. The molecular weight excluding hydrogens is 226 g/mol. The van der Waals surface area contributed by atoms with Crippen molar-refractivity contribution in [3.8, 4) is 6.07 Å². The maximum atomic E-state index is 10.9. The summed E-state index contributed by atoms with van der Waals surface area (Å²) in [6.45, 7) is 3.98. The Labute approximate surface area is 108 Å². The Kier molecular flexibility index (Phi) is 6.67. The number of nitriles is 1. The van der Waals surface area contributed by atoms with E-state index >= 15 is 0 Å². The summed E-state index contributed by atoms with van der Waals surface area (Å²) in [5.41, 5.74) is 1.14. The molecule has 0 atom stereocenters. The second kappa shape index (κ2) is 8.37. The monoisotopic (exact) mass is 245 g/mol. The molecule has 0 aromatic carbocycles. The number of carbonyl (C=O) groups excluding carboxylic acids is 1. The average molecular weight is 245 g/mol. The topological polar surface area (TPSA) is 57.0 Å². The highest BCUT2D eigenvalue weighted by Crippen LogP contribution is 2.05. The molecule has 1 aromatic heterocycles. The molecule has 1 rings (SSSR count). The summed E-state index contributed by atoms with van der Waals surface area (Å²) in [4.78, 5) is 17.2. The van der Waals surface area contributed by atoms with Crippen molar-refractivity contribution in [3.05, 3.63) is 30.1 Å². The van der Waals surface area contributed by atoms with E-state index in [4.69, 9.17) is 5.26 Å². The van der Waals surface area contributed by atoms with Gasteiger partial charge in [0.15, 0.2) is 0 Å². The summed E-state index contributed by atoms with van der Waals surface area (Å²) in [5, 5.41) is 8.65. The first-order chi connectivity index (χ1) is 8.72. The predicted molar refractivity (Wildman–Crippen MR) is 69.7 cm³/mol. The van der Waals surface area contributed by atoms with Gasteiger partial charge in [-0.15, -0.1) is 0 Å². The van der Waals surface area contributed by atoms with Crippen LogP contribution in [0.25, 0.3) is 0 Å². The van der Waals surface area contributed by atoms with Gasteiger partial charge in [0.1, 0.15) is 5.78 Å². The Balaban J connectivity index is 2.45. The minimum Gasteiger partial charge on any atom is -0.300 e. The largest absolute Gasteiger partial charge is 0.300 e.